The molecule has 0 unspecified atom stereocenters. The molecule has 3 N–H and O–H groups in total. The van der Waals surface area contributed by atoms with E-state index in [-0.39, 0.29) is 5.00 Å². The summed E-state index contributed by atoms with van der Waals surface area (Å²) in [5, 5.41) is 13.7. The number of hydrazone groups is 1. The minimum absolute atomic E-state index is 0.0190. The number of thiophene rings is 1. The molecule has 74 valence electrons. The van der Waals surface area contributed by atoms with Crippen molar-refractivity contribution in [2.45, 2.75) is 0 Å². The fraction of sp³-hybridized carbons (Fsp3) is 0. The maximum atomic E-state index is 10.3. The number of hydrogen-bond donors (Lipinski definition) is 2. The number of urea groups is 1. The van der Waals surface area contributed by atoms with Gasteiger partial charge in [-0.25, -0.2) is 10.2 Å². The zero-order valence-corrected chi connectivity index (χ0v) is 7.65. The molecule has 0 aliphatic rings. The van der Waals surface area contributed by atoms with Crippen molar-refractivity contribution in [3.8, 4) is 0 Å². The standard InChI is InChI=1S/C6H6N4O3S/c7-6(11)9-8-3-4-1-2-5(14-4)10(12)13/h1-3H,(H3,7,9,11)/b8-3+. The summed E-state index contributed by atoms with van der Waals surface area (Å²) < 4.78 is 0. The van der Waals surface area contributed by atoms with Gasteiger partial charge in [0.15, 0.2) is 0 Å². The van der Waals surface area contributed by atoms with Gasteiger partial charge in [-0.3, -0.25) is 10.1 Å². The lowest BCUT2D eigenvalue weighted by Gasteiger charge is -1.87. The molecule has 0 spiro atoms. The van der Waals surface area contributed by atoms with Crippen LogP contribution in [0.15, 0.2) is 17.2 Å². The number of nitrogens with one attached hydrogen (secondary N) is 1. The Labute approximate surface area is 82.4 Å². The number of nitro groups is 1. The van der Waals surface area contributed by atoms with Gasteiger partial charge in [-0.15, -0.1) is 0 Å². The van der Waals surface area contributed by atoms with Crippen LogP contribution in [0.1, 0.15) is 4.88 Å². The number of rotatable bonds is 3. The first-order valence-electron chi connectivity index (χ1n) is 3.42. The summed E-state index contributed by atoms with van der Waals surface area (Å²) in [5.41, 5.74) is 6.72. The predicted octanol–water partition coefficient (Wildman–Crippen LogP) is 0.659. The summed E-state index contributed by atoms with van der Waals surface area (Å²) >= 11 is 0.952. The smallest absolute Gasteiger partial charge is 0.332 e. The Bertz CT molecular complexity index is 386. The van der Waals surface area contributed by atoms with E-state index in [9.17, 15) is 14.9 Å². The van der Waals surface area contributed by atoms with Crippen molar-refractivity contribution < 1.29 is 9.72 Å². The average Bonchev–Trinajstić information content (AvgIpc) is 2.52. The molecule has 1 aromatic heterocycles. The summed E-state index contributed by atoms with van der Waals surface area (Å²) in [4.78, 5) is 20.5. The Hall–Kier alpha value is -1.96. The van der Waals surface area contributed by atoms with Crippen molar-refractivity contribution >= 4 is 28.6 Å². The summed E-state index contributed by atoms with van der Waals surface area (Å²) in [5.74, 6) is 0. The number of carbonyl (C=O) groups excluding carboxylic acids is 1. The normalized spacial score (nSPS) is 10.3. The van der Waals surface area contributed by atoms with Crippen LogP contribution in [-0.2, 0) is 0 Å². The molecule has 0 atom stereocenters. The summed E-state index contributed by atoms with van der Waals surface area (Å²) in [7, 11) is 0. The van der Waals surface area contributed by atoms with Crippen molar-refractivity contribution in [3.63, 3.8) is 0 Å². The lowest BCUT2D eigenvalue weighted by atomic mass is 10.5. The van der Waals surface area contributed by atoms with E-state index in [0.29, 0.717) is 4.88 Å². The van der Waals surface area contributed by atoms with Crippen LogP contribution in [0.4, 0.5) is 9.80 Å². The van der Waals surface area contributed by atoms with Crippen molar-refractivity contribution in [1.82, 2.24) is 5.43 Å². The first-order valence-corrected chi connectivity index (χ1v) is 4.24. The first kappa shape index (κ1) is 10.1. The number of amides is 2. The van der Waals surface area contributed by atoms with E-state index >= 15 is 0 Å². The number of carbonyl (C=O) groups is 1. The molecule has 0 aliphatic heterocycles. The Balaban J connectivity index is 2.64. The van der Waals surface area contributed by atoms with Crippen LogP contribution in [-0.4, -0.2) is 17.2 Å². The van der Waals surface area contributed by atoms with E-state index in [1.54, 1.807) is 0 Å². The molecule has 0 bridgehead atoms. The molecular formula is C6H6N4O3S. The second-order valence-electron chi connectivity index (χ2n) is 2.17. The van der Waals surface area contributed by atoms with Gasteiger partial charge in [-0.1, -0.05) is 11.3 Å². The second kappa shape index (κ2) is 4.33. The van der Waals surface area contributed by atoms with Crippen molar-refractivity contribution in [2.24, 2.45) is 10.8 Å². The molecular weight excluding hydrogens is 208 g/mol. The van der Waals surface area contributed by atoms with Crippen LogP contribution in [0.2, 0.25) is 0 Å². The van der Waals surface area contributed by atoms with E-state index in [2.05, 4.69) is 5.10 Å². The van der Waals surface area contributed by atoms with E-state index in [4.69, 9.17) is 5.73 Å². The Kier molecular flexibility index (Phi) is 3.13. The monoisotopic (exact) mass is 214 g/mol. The fourth-order valence-corrected chi connectivity index (χ4v) is 1.36. The number of nitrogens with two attached hydrogens (primary N) is 1. The molecule has 0 saturated heterocycles. The SMILES string of the molecule is NC(=O)N/N=C/c1ccc([N+](=O)[O-])s1. The average molecular weight is 214 g/mol. The highest BCUT2D eigenvalue weighted by molar-refractivity contribution is 7.16. The maximum absolute atomic E-state index is 10.3. The molecule has 8 heteroatoms. The number of primary amides is 1. The highest BCUT2D eigenvalue weighted by atomic mass is 32.1. The molecule has 1 heterocycles. The quantitative estimate of drug-likeness (QED) is 0.438. The maximum Gasteiger partial charge on any atom is 0.332 e. The third-order valence-electron chi connectivity index (χ3n) is 1.16. The van der Waals surface area contributed by atoms with Gasteiger partial charge in [-0.05, 0) is 6.07 Å². The van der Waals surface area contributed by atoms with E-state index in [1.807, 2.05) is 5.43 Å². The van der Waals surface area contributed by atoms with Gasteiger partial charge in [0.1, 0.15) is 0 Å². The van der Waals surface area contributed by atoms with Crippen LogP contribution in [0.25, 0.3) is 0 Å². The minimum atomic E-state index is -0.785. The van der Waals surface area contributed by atoms with Gasteiger partial charge in [0, 0.05) is 6.07 Å². The molecule has 2 amide bonds. The fourth-order valence-electron chi connectivity index (χ4n) is 0.669. The van der Waals surface area contributed by atoms with Crippen LogP contribution in [0.3, 0.4) is 0 Å². The van der Waals surface area contributed by atoms with E-state index < -0.39 is 11.0 Å². The zero-order valence-electron chi connectivity index (χ0n) is 6.84. The van der Waals surface area contributed by atoms with Gasteiger partial charge in [0.2, 0.25) is 0 Å². The molecule has 0 radical (unpaired) electrons. The summed E-state index contributed by atoms with van der Waals surface area (Å²) in [6.07, 6.45) is 1.28. The van der Waals surface area contributed by atoms with Crippen molar-refractivity contribution in [3.05, 3.63) is 27.1 Å². The summed E-state index contributed by atoms with van der Waals surface area (Å²) in [6.45, 7) is 0. The highest BCUT2D eigenvalue weighted by Gasteiger charge is 2.07. The van der Waals surface area contributed by atoms with Crippen LogP contribution in [0, 0.1) is 10.1 Å². The largest absolute Gasteiger partial charge is 0.350 e. The van der Waals surface area contributed by atoms with Crippen molar-refractivity contribution in [2.75, 3.05) is 0 Å². The van der Waals surface area contributed by atoms with Gasteiger partial charge >= 0.3 is 11.0 Å². The van der Waals surface area contributed by atoms with Crippen LogP contribution >= 0.6 is 11.3 Å². The molecule has 0 saturated carbocycles. The zero-order chi connectivity index (χ0) is 10.6. The highest BCUT2D eigenvalue weighted by Crippen LogP contribution is 2.22. The first-order chi connectivity index (χ1) is 6.59. The molecule has 0 aromatic carbocycles. The lowest BCUT2D eigenvalue weighted by Crippen LogP contribution is -2.24. The topological polar surface area (TPSA) is 111 Å². The van der Waals surface area contributed by atoms with Crippen LogP contribution in [0.5, 0.6) is 0 Å². The van der Waals surface area contributed by atoms with Crippen LogP contribution < -0.4 is 11.2 Å². The van der Waals surface area contributed by atoms with Gasteiger partial charge in [0.25, 0.3) is 0 Å². The van der Waals surface area contributed by atoms with Gasteiger partial charge < -0.3 is 5.73 Å². The molecule has 7 nitrogen and oxygen atoms in total. The number of hydrogen-bond acceptors (Lipinski definition) is 5. The predicted molar refractivity (Wildman–Crippen MR) is 51.3 cm³/mol. The van der Waals surface area contributed by atoms with Gasteiger partial charge in [-0.2, -0.15) is 5.10 Å². The van der Waals surface area contributed by atoms with E-state index in [1.165, 1.54) is 18.3 Å². The second-order valence-corrected chi connectivity index (χ2v) is 3.26. The Morgan fingerprint density at radius 1 is 1.71 bits per heavy atom. The Morgan fingerprint density at radius 3 is 2.93 bits per heavy atom. The molecule has 14 heavy (non-hydrogen) atoms. The Morgan fingerprint density at radius 2 is 2.43 bits per heavy atom. The molecule has 0 fully saturated rings. The minimum Gasteiger partial charge on any atom is -0.350 e. The van der Waals surface area contributed by atoms with Crippen molar-refractivity contribution in [1.29, 1.82) is 0 Å². The lowest BCUT2D eigenvalue weighted by molar-refractivity contribution is -0.380. The third-order valence-corrected chi connectivity index (χ3v) is 2.13. The van der Waals surface area contributed by atoms with E-state index in [0.717, 1.165) is 11.3 Å². The third kappa shape index (κ3) is 2.83. The number of nitrogens with zero attached hydrogens (tertiary/aromatic N) is 2. The molecule has 1 aromatic rings. The van der Waals surface area contributed by atoms with Gasteiger partial charge in [0.05, 0.1) is 16.0 Å². The molecule has 1 rings (SSSR count). The molecule has 0 aliphatic carbocycles. The summed E-state index contributed by atoms with van der Waals surface area (Å²) in [6, 6.07) is 2.10.